The molecule has 160 valence electrons. The minimum absolute atomic E-state index is 0.284. The lowest BCUT2D eigenvalue weighted by Crippen LogP contribution is -2.17. The summed E-state index contributed by atoms with van der Waals surface area (Å²) >= 11 is 0. The van der Waals surface area contributed by atoms with Crippen LogP contribution in [0.1, 0.15) is 11.1 Å². The van der Waals surface area contributed by atoms with Crippen LogP contribution in [-0.4, -0.2) is 12.3 Å². The molecule has 0 radical (unpaired) electrons. The largest absolute Gasteiger partial charge is 0.573 e. The number of alkyl halides is 3. The van der Waals surface area contributed by atoms with Crippen molar-refractivity contribution < 1.29 is 22.7 Å². The number of para-hydroxylation sites is 2. The van der Waals surface area contributed by atoms with Gasteiger partial charge in [-0.2, -0.15) is 0 Å². The maximum absolute atomic E-state index is 12.3. The third-order valence-electron chi connectivity index (χ3n) is 4.19. The van der Waals surface area contributed by atoms with E-state index >= 15 is 0 Å². The standard InChI is InChI=1S/C23H20F3N3O2/c24-23(25,26)31-19-5-3-4-18(14-19)28-15-17-10-8-16(9-11-17)12-13-22(30)29-21-7-2-1-6-20(21)27/h1-14,28H,15,27H2,(H,29,30)/b13-12-. The Hall–Kier alpha value is -3.94. The van der Waals surface area contributed by atoms with Gasteiger partial charge in [0.1, 0.15) is 5.75 Å². The molecule has 0 aliphatic rings. The summed E-state index contributed by atoms with van der Waals surface area (Å²) in [5, 5.41) is 5.76. The van der Waals surface area contributed by atoms with Crippen molar-refractivity contribution in [2.45, 2.75) is 12.9 Å². The predicted octanol–water partition coefficient (Wildman–Crippen LogP) is 5.43. The van der Waals surface area contributed by atoms with Crippen molar-refractivity contribution in [3.63, 3.8) is 0 Å². The monoisotopic (exact) mass is 427 g/mol. The molecule has 0 heterocycles. The number of ether oxygens (including phenoxy) is 1. The van der Waals surface area contributed by atoms with Crippen LogP contribution in [-0.2, 0) is 11.3 Å². The Balaban J connectivity index is 1.53. The minimum atomic E-state index is -4.73. The number of anilines is 3. The molecule has 1 amide bonds. The number of carbonyl (C=O) groups is 1. The van der Waals surface area contributed by atoms with Crippen LogP contribution < -0.4 is 21.1 Å². The highest BCUT2D eigenvalue weighted by Crippen LogP contribution is 2.25. The van der Waals surface area contributed by atoms with Crippen LogP contribution in [0.4, 0.5) is 30.2 Å². The van der Waals surface area contributed by atoms with Crippen molar-refractivity contribution in [2.75, 3.05) is 16.4 Å². The summed E-state index contributed by atoms with van der Waals surface area (Å²) in [6, 6.07) is 20.0. The van der Waals surface area contributed by atoms with E-state index in [1.807, 2.05) is 24.3 Å². The number of nitrogens with one attached hydrogen (secondary N) is 2. The summed E-state index contributed by atoms with van der Waals surface area (Å²) in [7, 11) is 0. The first kappa shape index (κ1) is 21.8. The highest BCUT2D eigenvalue weighted by molar-refractivity contribution is 6.03. The van der Waals surface area contributed by atoms with E-state index in [4.69, 9.17) is 5.73 Å². The van der Waals surface area contributed by atoms with Crippen LogP contribution in [0.5, 0.6) is 5.75 Å². The molecule has 3 rings (SSSR count). The number of hydrogen-bond donors (Lipinski definition) is 3. The summed E-state index contributed by atoms with van der Waals surface area (Å²) in [4.78, 5) is 12.0. The number of halogens is 3. The molecule has 0 bridgehead atoms. The van der Waals surface area contributed by atoms with Gasteiger partial charge in [-0.3, -0.25) is 4.79 Å². The van der Waals surface area contributed by atoms with E-state index in [1.165, 1.54) is 24.3 Å². The predicted molar refractivity (Wildman–Crippen MR) is 115 cm³/mol. The van der Waals surface area contributed by atoms with Gasteiger partial charge >= 0.3 is 6.36 Å². The third kappa shape index (κ3) is 7.11. The highest BCUT2D eigenvalue weighted by atomic mass is 19.4. The number of hydrogen-bond acceptors (Lipinski definition) is 4. The number of carbonyl (C=O) groups excluding carboxylic acids is 1. The lowest BCUT2D eigenvalue weighted by atomic mass is 10.1. The van der Waals surface area contributed by atoms with E-state index in [0.29, 0.717) is 23.6 Å². The fraction of sp³-hybridized carbons (Fsp3) is 0.0870. The van der Waals surface area contributed by atoms with Crippen molar-refractivity contribution in [1.29, 1.82) is 0 Å². The average molecular weight is 427 g/mol. The average Bonchev–Trinajstić information content (AvgIpc) is 2.72. The molecule has 4 N–H and O–H groups in total. The van der Waals surface area contributed by atoms with Gasteiger partial charge in [-0.25, -0.2) is 0 Å². The van der Waals surface area contributed by atoms with Gasteiger partial charge in [0, 0.05) is 24.4 Å². The van der Waals surface area contributed by atoms with Crippen LogP contribution in [0.3, 0.4) is 0 Å². The molecule has 0 saturated carbocycles. The van der Waals surface area contributed by atoms with Crippen LogP contribution in [0, 0.1) is 0 Å². The summed E-state index contributed by atoms with van der Waals surface area (Å²) < 4.78 is 40.9. The molecular formula is C23H20F3N3O2. The van der Waals surface area contributed by atoms with Gasteiger partial charge in [-0.1, -0.05) is 42.5 Å². The van der Waals surface area contributed by atoms with Gasteiger partial charge in [0.05, 0.1) is 11.4 Å². The lowest BCUT2D eigenvalue weighted by molar-refractivity contribution is -0.274. The Bertz CT molecular complexity index is 1060. The Morgan fingerprint density at radius 1 is 1.00 bits per heavy atom. The molecule has 0 spiro atoms. The van der Waals surface area contributed by atoms with E-state index in [9.17, 15) is 18.0 Å². The zero-order valence-corrected chi connectivity index (χ0v) is 16.3. The minimum Gasteiger partial charge on any atom is -0.406 e. The number of benzene rings is 3. The molecule has 5 nitrogen and oxygen atoms in total. The molecule has 3 aromatic rings. The molecule has 0 aromatic heterocycles. The second-order valence-corrected chi connectivity index (χ2v) is 6.58. The quantitative estimate of drug-likeness (QED) is 0.347. The first-order valence-electron chi connectivity index (χ1n) is 9.31. The molecule has 0 aliphatic heterocycles. The van der Waals surface area contributed by atoms with E-state index < -0.39 is 6.36 Å². The molecule has 31 heavy (non-hydrogen) atoms. The van der Waals surface area contributed by atoms with Crippen molar-refractivity contribution in [3.05, 3.63) is 90.0 Å². The summed E-state index contributed by atoms with van der Waals surface area (Å²) in [6.07, 6.45) is -1.65. The zero-order valence-electron chi connectivity index (χ0n) is 16.3. The molecular weight excluding hydrogens is 407 g/mol. The first-order valence-corrected chi connectivity index (χ1v) is 9.31. The molecule has 0 unspecified atom stereocenters. The van der Waals surface area contributed by atoms with Crippen molar-refractivity contribution >= 4 is 29.0 Å². The fourth-order valence-electron chi connectivity index (χ4n) is 2.71. The number of amides is 1. The van der Waals surface area contributed by atoms with Gasteiger partial charge in [-0.05, 0) is 41.5 Å². The summed E-state index contributed by atoms with van der Waals surface area (Å²) in [5.74, 6) is -0.585. The first-order chi connectivity index (χ1) is 14.8. The molecule has 0 fully saturated rings. The second-order valence-electron chi connectivity index (χ2n) is 6.58. The molecule has 3 aromatic carbocycles. The van der Waals surface area contributed by atoms with E-state index in [-0.39, 0.29) is 11.7 Å². The van der Waals surface area contributed by atoms with Crippen LogP contribution in [0.15, 0.2) is 78.9 Å². The number of rotatable bonds is 7. The Labute approximate surface area is 177 Å². The van der Waals surface area contributed by atoms with E-state index in [2.05, 4.69) is 15.4 Å². The normalized spacial score (nSPS) is 11.3. The van der Waals surface area contributed by atoms with Crippen molar-refractivity contribution in [1.82, 2.24) is 0 Å². The topological polar surface area (TPSA) is 76.4 Å². The van der Waals surface area contributed by atoms with Gasteiger partial charge in [0.15, 0.2) is 0 Å². The zero-order chi connectivity index (χ0) is 22.3. The third-order valence-corrected chi connectivity index (χ3v) is 4.19. The van der Waals surface area contributed by atoms with Crippen LogP contribution in [0.2, 0.25) is 0 Å². The van der Waals surface area contributed by atoms with Crippen molar-refractivity contribution in [2.24, 2.45) is 0 Å². The summed E-state index contributed by atoms with van der Waals surface area (Å²) in [6.45, 7) is 0.410. The van der Waals surface area contributed by atoms with E-state index in [0.717, 1.165) is 11.1 Å². The summed E-state index contributed by atoms with van der Waals surface area (Å²) in [5.41, 5.74) is 9.06. The number of nitrogens with two attached hydrogens (primary N) is 1. The Kier molecular flexibility index (Phi) is 6.81. The molecule has 0 aliphatic carbocycles. The molecule has 8 heteroatoms. The second kappa shape index (κ2) is 9.71. The maximum atomic E-state index is 12.3. The molecule has 0 atom stereocenters. The Morgan fingerprint density at radius 2 is 1.74 bits per heavy atom. The lowest BCUT2D eigenvalue weighted by Gasteiger charge is -2.11. The maximum Gasteiger partial charge on any atom is 0.573 e. The fourth-order valence-corrected chi connectivity index (χ4v) is 2.71. The van der Waals surface area contributed by atoms with Gasteiger partial charge in [-0.15, -0.1) is 13.2 Å². The van der Waals surface area contributed by atoms with Crippen molar-refractivity contribution in [3.8, 4) is 5.75 Å². The number of nitrogen functional groups attached to an aromatic ring is 1. The molecule has 0 saturated heterocycles. The van der Waals surface area contributed by atoms with E-state index in [1.54, 1.807) is 36.4 Å². The smallest absolute Gasteiger partial charge is 0.406 e. The van der Waals surface area contributed by atoms with Gasteiger partial charge in [0.25, 0.3) is 0 Å². The van der Waals surface area contributed by atoms with Gasteiger partial charge < -0.3 is 21.1 Å². The van der Waals surface area contributed by atoms with Crippen LogP contribution >= 0.6 is 0 Å². The van der Waals surface area contributed by atoms with Gasteiger partial charge in [0.2, 0.25) is 5.91 Å². The SMILES string of the molecule is Nc1ccccc1NC(=O)/C=C\c1ccc(CNc2cccc(OC(F)(F)F)c2)cc1. The highest BCUT2D eigenvalue weighted by Gasteiger charge is 2.31. The van der Waals surface area contributed by atoms with Crippen LogP contribution in [0.25, 0.3) is 6.08 Å². The Morgan fingerprint density at radius 3 is 2.45 bits per heavy atom.